The number of aliphatic hydroxyl groups excluding tert-OH is 1. The maximum Gasteiger partial charge on any atom is 0.305 e. The molecule has 0 radical (unpaired) electrons. The summed E-state index contributed by atoms with van der Waals surface area (Å²) in [6.07, 6.45) is -1.02. The summed E-state index contributed by atoms with van der Waals surface area (Å²) in [4.78, 5) is 10.3. The number of rotatable bonds is 6. The van der Waals surface area contributed by atoms with Gasteiger partial charge in [0.15, 0.2) is 0 Å². The van der Waals surface area contributed by atoms with Crippen molar-refractivity contribution < 1.29 is 19.7 Å². The Kier molecular flexibility index (Phi) is 4.79. The summed E-state index contributed by atoms with van der Waals surface area (Å²) in [6, 6.07) is 9.24. The number of hydrogen-bond donors (Lipinski definition) is 2. The molecule has 0 aliphatic heterocycles. The van der Waals surface area contributed by atoms with E-state index in [1.807, 2.05) is 30.3 Å². The zero-order valence-electron chi connectivity index (χ0n) is 9.17. The molecule has 0 spiro atoms. The molecular weight excluding hydrogens is 208 g/mol. The minimum Gasteiger partial charge on any atom is -0.491 e. The van der Waals surface area contributed by atoms with Crippen LogP contribution >= 0.6 is 0 Å². The highest BCUT2D eigenvalue weighted by Crippen LogP contribution is 2.14. The number of hydrogen-bond acceptors (Lipinski definition) is 3. The van der Waals surface area contributed by atoms with Crippen molar-refractivity contribution in [2.45, 2.75) is 32.0 Å². The summed E-state index contributed by atoms with van der Waals surface area (Å²) >= 11 is 0. The summed E-state index contributed by atoms with van der Waals surface area (Å²) in [5.41, 5.74) is 0. The molecule has 88 valence electrons. The van der Waals surface area contributed by atoms with Crippen LogP contribution in [0.4, 0.5) is 0 Å². The highest BCUT2D eigenvalue weighted by Gasteiger charge is 2.14. The van der Waals surface area contributed by atoms with Crippen LogP contribution in [0.25, 0.3) is 0 Å². The number of carboxylic acid groups (broad SMARTS) is 1. The number of aliphatic hydroxyl groups is 1. The first-order valence-corrected chi connectivity index (χ1v) is 5.19. The van der Waals surface area contributed by atoms with E-state index in [1.54, 1.807) is 6.92 Å². The number of carboxylic acids is 1. The monoisotopic (exact) mass is 224 g/mol. The van der Waals surface area contributed by atoms with Gasteiger partial charge in [-0.25, -0.2) is 0 Å². The summed E-state index contributed by atoms with van der Waals surface area (Å²) in [6.45, 7) is 1.80. The molecule has 1 rings (SSSR count). The second-order valence-corrected chi connectivity index (χ2v) is 3.73. The van der Waals surface area contributed by atoms with Gasteiger partial charge in [0.25, 0.3) is 0 Å². The zero-order valence-corrected chi connectivity index (χ0v) is 9.17. The Morgan fingerprint density at radius 1 is 1.38 bits per heavy atom. The Hall–Kier alpha value is -1.55. The summed E-state index contributed by atoms with van der Waals surface area (Å²) in [5.74, 6) is -0.281. The average molecular weight is 224 g/mol. The molecule has 2 atom stereocenters. The van der Waals surface area contributed by atoms with Gasteiger partial charge in [-0.3, -0.25) is 4.79 Å². The molecule has 4 heteroatoms. The second kappa shape index (κ2) is 6.12. The summed E-state index contributed by atoms with van der Waals surface area (Å²) in [5, 5.41) is 17.9. The van der Waals surface area contributed by atoms with E-state index in [1.165, 1.54) is 0 Å². The quantitative estimate of drug-likeness (QED) is 0.771. The Bertz CT molecular complexity index is 323. The molecule has 4 nitrogen and oxygen atoms in total. The fraction of sp³-hybridized carbons (Fsp3) is 0.417. The molecule has 0 aromatic heterocycles. The fourth-order valence-electron chi connectivity index (χ4n) is 1.45. The normalized spacial score (nSPS) is 14.1. The molecule has 0 fully saturated rings. The molecule has 16 heavy (non-hydrogen) atoms. The van der Waals surface area contributed by atoms with E-state index < -0.39 is 12.1 Å². The van der Waals surface area contributed by atoms with Crippen LogP contribution in [-0.4, -0.2) is 28.4 Å². The van der Waals surface area contributed by atoms with Gasteiger partial charge in [0.2, 0.25) is 0 Å². The van der Waals surface area contributed by atoms with Gasteiger partial charge in [-0.1, -0.05) is 18.2 Å². The summed E-state index contributed by atoms with van der Waals surface area (Å²) in [7, 11) is 0. The van der Waals surface area contributed by atoms with Gasteiger partial charge in [0.1, 0.15) is 5.75 Å². The van der Waals surface area contributed by atoms with Crippen molar-refractivity contribution in [1.82, 2.24) is 0 Å². The van der Waals surface area contributed by atoms with E-state index >= 15 is 0 Å². The third-order valence-electron chi connectivity index (χ3n) is 2.09. The molecule has 2 unspecified atom stereocenters. The van der Waals surface area contributed by atoms with Crippen molar-refractivity contribution in [1.29, 1.82) is 0 Å². The lowest BCUT2D eigenvalue weighted by Gasteiger charge is -2.17. The van der Waals surface area contributed by atoms with Gasteiger partial charge in [-0.2, -0.15) is 0 Å². The molecule has 0 aliphatic rings. The average Bonchev–Trinajstić information content (AvgIpc) is 2.17. The predicted octanol–water partition coefficient (Wildman–Crippen LogP) is 1.68. The molecule has 1 aromatic rings. The molecule has 1 aromatic carbocycles. The highest BCUT2D eigenvalue weighted by atomic mass is 16.5. The molecule has 0 heterocycles. The number of carbonyl (C=O) groups is 1. The van der Waals surface area contributed by atoms with Crippen LogP contribution < -0.4 is 4.74 Å². The third-order valence-corrected chi connectivity index (χ3v) is 2.09. The van der Waals surface area contributed by atoms with Crippen LogP contribution in [0.15, 0.2) is 30.3 Å². The maximum absolute atomic E-state index is 10.3. The standard InChI is InChI=1S/C12H16O4/c1-9(7-10(13)8-12(14)15)16-11-5-3-2-4-6-11/h2-6,9-10,13H,7-8H2,1H3,(H,14,15). The first-order valence-electron chi connectivity index (χ1n) is 5.19. The molecule has 0 aliphatic carbocycles. The Morgan fingerprint density at radius 3 is 2.56 bits per heavy atom. The summed E-state index contributed by atoms with van der Waals surface area (Å²) < 4.78 is 5.51. The van der Waals surface area contributed by atoms with Crippen molar-refractivity contribution in [2.24, 2.45) is 0 Å². The van der Waals surface area contributed by atoms with Crippen LogP contribution in [0, 0.1) is 0 Å². The van der Waals surface area contributed by atoms with E-state index in [0.717, 1.165) is 5.75 Å². The second-order valence-electron chi connectivity index (χ2n) is 3.73. The SMILES string of the molecule is CC(CC(O)CC(=O)O)Oc1ccccc1. The van der Waals surface area contributed by atoms with Crippen LogP contribution in [-0.2, 0) is 4.79 Å². The van der Waals surface area contributed by atoms with E-state index in [0.29, 0.717) is 6.42 Å². The molecule has 0 bridgehead atoms. The van der Waals surface area contributed by atoms with Gasteiger partial charge >= 0.3 is 5.97 Å². The zero-order chi connectivity index (χ0) is 12.0. The molecule has 0 saturated heterocycles. The smallest absolute Gasteiger partial charge is 0.305 e. The van der Waals surface area contributed by atoms with Crippen LogP contribution in [0.3, 0.4) is 0 Å². The predicted molar refractivity (Wildman–Crippen MR) is 59.4 cm³/mol. The van der Waals surface area contributed by atoms with Crippen molar-refractivity contribution in [3.05, 3.63) is 30.3 Å². The largest absolute Gasteiger partial charge is 0.491 e. The number of para-hydroxylation sites is 1. The maximum atomic E-state index is 10.3. The lowest BCUT2D eigenvalue weighted by Crippen LogP contribution is -2.22. The van der Waals surface area contributed by atoms with Crippen molar-refractivity contribution in [2.75, 3.05) is 0 Å². The van der Waals surface area contributed by atoms with Crippen molar-refractivity contribution in [3.8, 4) is 5.75 Å². The lowest BCUT2D eigenvalue weighted by atomic mass is 10.1. The van der Waals surface area contributed by atoms with Crippen molar-refractivity contribution >= 4 is 5.97 Å². The van der Waals surface area contributed by atoms with Crippen LogP contribution in [0.2, 0.25) is 0 Å². The molecule has 0 saturated carbocycles. The van der Waals surface area contributed by atoms with E-state index in [4.69, 9.17) is 9.84 Å². The fourth-order valence-corrected chi connectivity index (χ4v) is 1.45. The first kappa shape index (κ1) is 12.5. The van der Waals surface area contributed by atoms with Gasteiger partial charge in [-0.15, -0.1) is 0 Å². The van der Waals surface area contributed by atoms with Gasteiger partial charge in [-0.05, 0) is 19.1 Å². The Balaban J connectivity index is 2.36. The molecule has 0 amide bonds. The minimum atomic E-state index is -1.00. The lowest BCUT2D eigenvalue weighted by molar-refractivity contribution is -0.139. The minimum absolute atomic E-state index is 0.211. The number of aliphatic carboxylic acids is 1. The first-order chi connectivity index (χ1) is 7.58. The van der Waals surface area contributed by atoms with Gasteiger partial charge in [0.05, 0.1) is 18.6 Å². The van der Waals surface area contributed by atoms with Crippen LogP contribution in [0.5, 0.6) is 5.75 Å². The molecular formula is C12H16O4. The third kappa shape index (κ3) is 4.79. The number of ether oxygens (including phenoxy) is 1. The Labute approximate surface area is 94.5 Å². The topological polar surface area (TPSA) is 66.8 Å². The van der Waals surface area contributed by atoms with E-state index in [-0.39, 0.29) is 12.5 Å². The van der Waals surface area contributed by atoms with E-state index in [9.17, 15) is 9.90 Å². The van der Waals surface area contributed by atoms with E-state index in [2.05, 4.69) is 0 Å². The number of benzene rings is 1. The van der Waals surface area contributed by atoms with Gasteiger partial charge in [0, 0.05) is 6.42 Å². The molecule has 2 N–H and O–H groups in total. The van der Waals surface area contributed by atoms with Gasteiger partial charge < -0.3 is 14.9 Å². The van der Waals surface area contributed by atoms with Crippen molar-refractivity contribution in [3.63, 3.8) is 0 Å². The highest BCUT2D eigenvalue weighted by molar-refractivity contribution is 5.67. The van der Waals surface area contributed by atoms with Crippen LogP contribution in [0.1, 0.15) is 19.8 Å². The Morgan fingerprint density at radius 2 is 2.00 bits per heavy atom.